The van der Waals surface area contributed by atoms with E-state index in [9.17, 15) is 17.6 Å². The lowest BCUT2D eigenvalue weighted by atomic mass is 10.1. The van der Waals surface area contributed by atoms with E-state index in [1.807, 2.05) is 19.1 Å². The summed E-state index contributed by atoms with van der Waals surface area (Å²) in [5.74, 6) is -0.752. The summed E-state index contributed by atoms with van der Waals surface area (Å²) in [6, 6.07) is 13.1. The van der Waals surface area contributed by atoms with Gasteiger partial charge in [-0.25, -0.2) is 12.8 Å². The third-order valence-electron chi connectivity index (χ3n) is 4.39. The van der Waals surface area contributed by atoms with Crippen LogP contribution in [-0.4, -0.2) is 19.3 Å². The third-order valence-corrected chi connectivity index (χ3v) is 5.77. The molecule has 150 valence electrons. The highest BCUT2D eigenvalue weighted by Gasteiger charge is 2.16. The van der Waals surface area contributed by atoms with Crippen LogP contribution in [0.25, 0.3) is 0 Å². The molecular weight excluding hydrogens is 393 g/mol. The van der Waals surface area contributed by atoms with Gasteiger partial charge < -0.3 is 5.32 Å². The predicted octanol–water partition coefficient (Wildman–Crippen LogP) is 3.82. The first-order valence-corrected chi connectivity index (χ1v) is 10.3. The number of aryl methyl sites for hydroxylation is 1. The van der Waals surface area contributed by atoms with E-state index in [-0.39, 0.29) is 22.4 Å². The molecule has 0 radical (unpaired) electrons. The number of amides is 1. The van der Waals surface area contributed by atoms with E-state index < -0.39 is 15.8 Å². The molecule has 0 aliphatic carbocycles. The number of carbonyl (C=O) groups excluding carboxylic acids is 1. The molecule has 1 amide bonds. The van der Waals surface area contributed by atoms with Gasteiger partial charge in [0.25, 0.3) is 15.9 Å². The Bertz CT molecular complexity index is 1120. The summed E-state index contributed by atoms with van der Waals surface area (Å²) in [5, 5.41) is 2.88. The Kier molecular flexibility index (Phi) is 5.93. The van der Waals surface area contributed by atoms with Gasteiger partial charge in [0.05, 0.1) is 10.9 Å². The zero-order valence-corrected chi connectivity index (χ0v) is 16.7. The molecule has 8 heteroatoms. The van der Waals surface area contributed by atoms with Crippen LogP contribution in [0.3, 0.4) is 0 Å². The van der Waals surface area contributed by atoms with Crippen molar-refractivity contribution in [2.45, 2.75) is 24.8 Å². The smallest absolute Gasteiger partial charge is 0.261 e. The van der Waals surface area contributed by atoms with Crippen LogP contribution in [0.4, 0.5) is 10.1 Å². The van der Waals surface area contributed by atoms with Gasteiger partial charge in [0.2, 0.25) is 0 Å². The van der Waals surface area contributed by atoms with Gasteiger partial charge in [-0.15, -0.1) is 0 Å². The van der Waals surface area contributed by atoms with Gasteiger partial charge in [0.15, 0.2) is 0 Å². The lowest BCUT2D eigenvalue weighted by Crippen LogP contribution is -2.26. The molecular formula is C21H20FN3O3S. The second kappa shape index (κ2) is 8.40. The molecule has 1 aromatic heterocycles. The van der Waals surface area contributed by atoms with Crippen LogP contribution in [0.15, 0.2) is 71.9 Å². The maximum Gasteiger partial charge on any atom is 0.261 e. The van der Waals surface area contributed by atoms with Gasteiger partial charge in [-0.2, -0.15) is 0 Å². The molecule has 1 atom stereocenters. The Labute approximate surface area is 168 Å². The van der Waals surface area contributed by atoms with Crippen molar-refractivity contribution in [2.24, 2.45) is 0 Å². The fourth-order valence-corrected chi connectivity index (χ4v) is 3.85. The van der Waals surface area contributed by atoms with Crippen LogP contribution >= 0.6 is 0 Å². The van der Waals surface area contributed by atoms with E-state index in [4.69, 9.17) is 0 Å². The van der Waals surface area contributed by atoms with E-state index in [0.717, 1.165) is 11.6 Å². The van der Waals surface area contributed by atoms with Gasteiger partial charge in [0.1, 0.15) is 5.82 Å². The number of carbonyl (C=O) groups is 1. The van der Waals surface area contributed by atoms with Crippen molar-refractivity contribution in [2.75, 3.05) is 4.72 Å². The molecule has 3 rings (SSSR count). The van der Waals surface area contributed by atoms with Crippen LogP contribution < -0.4 is 10.0 Å². The predicted molar refractivity (Wildman–Crippen MR) is 109 cm³/mol. The highest BCUT2D eigenvalue weighted by molar-refractivity contribution is 7.92. The SMILES string of the molecule is Cc1cc(S(=O)(=O)Nc2ccc(C(=O)NC(C)c3ccncc3)cc2)ccc1F. The average molecular weight is 413 g/mol. The third kappa shape index (κ3) is 4.97. The van der Waals surface area contributed by atoms with Crippen LogP contribution in [0.2, 0.25) is 0 Å². The number of benzene rings is 2. The molecule has 1 unspecified atom stereocenters. The number of rotatable bonds is 6. The highest BCUT2D eigenvalue weighted by Crippen LogP contribution is 2.19. The molecule has 0 saturated heterocycles. The van der Waals surface area contributed by atoms with Crippen LogP contribution in [0, 0.1) is 12.7 Å². The van der Waals surface area contributed by atoms with Crippen LogP contribution in [0.5, 0.6) is 0 Å². The monoisotopic (exact) mass is 413 g/mol. The Balaban J connectivity index is 1.69. The fraction of sp³-hybridized carbons (Fsp3) is 0.143. The number of aromatic nitrogens is 1. The van der Waals surface area contributed by atoms with Crippen molar-refractivity contribution in [3.63, 3.8) is 0 Å². The van der Waals surface area contributed by atoms with Gasteiger partial charge >= 0.3 is 0 Å². The van der Waals surface area contributed by atoms with E-state index in [0.29, 0.717) is 11.3 Å². The summed E-state index contributed by atoms with van der Waals surface area (Å²) in [4.78, 5) is 16.3. The second-order valence-corrected chi connectivity index (χ2v) is 8.25. The first-order valence-electron chi connectivity index (χ1n) is 8.86. The minimum atomic E-state index is -3.86. The minimum Gasteiger partial charge on any atom is -0.346 e. The molecule has 0 bridgehead atoms. The summed E-state index contributed by atoms with van der Waals surface area (Å²) in [6.45, 7) is 3.36. The van der Waals surface area contributed by atoms with E-state index >= 15 is 0 Å². The summed E-state index contributed by atoms with van der Waals surface area (Å²) in [5.41, 5.74) is 1.85. The van der Waals surface area contributed by atoms with Gasteiger partial charge in [-0.1, -0.05) is 0 Å². The summed E-state index contributed by atoms with van der Waals surface area (Å²) < 4.78 is 40.7. The molecule has 1 heterocycles. The number of halogens is 1. The molecule has 3 aromatic rings. The number of hydrogen-bond acceptors (Lipinski definition) is 4. The first kappa shape index (κ1) is 20.5. The zero-order chi connectivity index (χ0) is 21.0. The van der Waals surface area contributed by atoms with E-state index in [1.54, 1.807) is 12.4 Å². The van der Waals surface area contributed by atoms with E-state index in [2.05, 4.69) is 15.0 Å². The molecule has 6 nitrogen and oxygen atoms in total. The van der Waals surface area contributed by atoms with Crippen molar-refractivity contribution in [1.29, 1.82) is 0 Å². The van der Waals surface area contributed by atoms with Crippen molar-refractivity contribution >= 4 is 21.6 Å². The first-order chi connectivity index (χ1) is 13.8. The number of nitrogens with zero attached hydrogens (tertiary/aromatic N) is 1. The molecule has 0 aliphatic rings. The number of anilines is 1. The second-order valence-electron chi connectivity index (χ2n) is 6.57. The number of pyridine rings is 1. The summed E-state index contributed by atoms with van der Waals surface area (Å²) >= 11 is 0. The van der Waals surface area contributed by atoms with Crippen molar-refractivity contribution in [1.82, 2.24) is 10.3 Å². The normalized spacial score (nSPS) is 12.2. The zero-order valence-electron chi connectivity index (χ0n) is 15.9. The average Bonchev–Trinajstić information content (AvgIpc) is 2.70. The Morgan fingerprint density at radius 1 is 1.03 bits per heavy atom. The van der Waals surface area contributed by atoms with Gasteiger partial charge in [-0.05, 0) is 79.6 Å². The minimum absolute atomic E-state index is 0.0376. The Morgan fingerprint density at radius 2 is 1.69 bits per heavy atom. The Hall–Kier alpha value is -3.26. The molecule has 0 fully saturated rings. The molecule has 0 aliphatic heterocycles. The maximum atomic E-state index is 13.4. The van der Waals surface area contributed by atoms with Gasteiger partial charge in [0, 0.05) is 23.6 Å². The van der Waals surface area contributed by atoms with Gasteiger partial charge in [-0.3, -0.25) is 14.5 Å². The lowest BCUT2D eigenvalue weighted by molar-refractivity contribution is 0.0940. The standard InChI is InChI=1S/C21H20FN3O3S/c1-14-13-19(7-8-20(14)22)29(27,28)25-18-5-3-17(4-6-18)21(26)24-15(2)16-9-11-23-12-10-16/h3-13,15,25H,1-2H3,(H,24,26). The maximum absolute atomic E-state index is 13.4. The number of nitrogens with one attached hydrogen (secondary N) is 2. The molecule has 2 N–H and O–H groups in total. The largest absolute Gasteiger partial charge is 0.346 e. The Morgan fingerprint density at radius 3 is 2.31 bits per heavy atom. The summed E-state index contributed by atoms with van der Waals surface area (Å²) in [7, 11) is -3.86. The fourth-order valence-electron chi connectivity index (χ4n) is 2.70. The lowest BCUT2D eigenvalue weighted by Gasteiger charge is -2.14. The number of sulfonamides is 1. The van der Waals surface area contributed by atoms with E-state index in [1.165, 1.54) is 43.3 Å². The van der Waals surface area contributed by atoms with Crippen LogP contribution in [0.1, 0.15) is 34.5 Å². The van der Waals surface area contributed by atoms with Crippen molar-refractivity contribution < 1.29 is 17.6 Å². The summed E-state index contributed by atoms with van der Waals surface area (Å²) in [6.07, 6.45) is 3.31. The van der Waals surface area contributed by atoms with Crippen LogP contribution in [-0.2, 0) is 10.0 Å². The molecule has 29 heavy (non-hydrogen) atoms. The molecule has 0 saturated carbocycles. The van der Waals surface area contributed by atoms with Crippen molar-refractivity contribution in [3.05, 3.63) is 89.5 Å². The quantitative estimate of drug-likeness (QED) is 0.643. The topological polar surface area (TPSA) is 88.2 Å². The molecule has 0 spiro atoms. The number of hydrogen-bond donors (Lipinski definition) is 2. The molecule has 2 aromatic carbocycles. The highest BCUT2D eigenvalue weighted by atomic mass is 32.2. The van der Waals surface area contributed by atoms with Crippen molar-refractivity contribution in [3.8, 4) is 0 Å².